The molecule has 0 spiro atoms. The van der Waals surface area contributed by atoms with Gasteiger partial charge in [0.2, 0.25) is 0 Å². The Morgan fingerprint density at radius 1 is 1.33 bits per heavy atom. The molecule has 1 aromatic carbocycles. The Morgan fingerprint density at radius 3 is 2.40 bits per heavy atom. The summed E-state index contributed by atoms with van der Waals surface area (Å²) in [6, 6.07) is 5.47. The van der Waals surface area contributed by atoms with Crippen molar-refractivity contribution in [2.75, 3.05) is 18.5 Å². The van der Waals surface area contributed by atoms with Crippen molar-refractivity contribution in [3.8, 4) is 0 Å². The zero-order chi connectivity index (χ0) is 11.6. The van der Waals surface area contributed by atoms with E-state index >= 15 is 0 Å². The van der Waals surface area contributed by atoms with Gasteiger partial charge in [0.1, 0.15) is 0 Å². The third-order valence-corrected chi connectivity index (χ3v) is 3.22. The van der Waals surface area contributed by atoms with E-state index in [1.165, 1.54) is 0 Å². The van der Waals surface area contributed by atoms with E-state index in [9.17, 15) is 0 Å². The fourth-order valence-corrected chi connectivity index (χ4v) is 1.75. The normalized spacial score (nSPS) is 11.6. The van der Waals surface area contributed by atoms with Crippen LogP contribution in [0.2, 0.25) is 10.0 Å². The van der Waals surface area contributed by atoms with Crippen LogP contribution in [-0.2, 0) is 0 Å². The number of nitrogens with two attached hydrogens (primary N) is 1. The number of halogens is 2. The minimum atomic E-state index is -0.128. The zero-order valence-corrected chi connectivity index (χ0v) is 10.7. The van der Waals surface area contributed by atoms with Gasteiger partial charge in [0.05, 0.1) is 10.7 Å². The maximum absolute atomic E-state index is 6.12. The van der Waals surface area contributed by atoms with Crippen molar-refractivity contribution in [2.24, 2.45) is 5.73 Å². The highest BCUT2D eigenvalue weighted by Gasteiger charge is 2.23. The van der Waals surface area contributed by atoms with Gasteiger partial charge in [0.15, 0.2) is 0 Å². The molecule has 0 heterocycles. The lowest BCUT2D eigenvalue weighted by molar-refractivity contribution is 0.499. The molecule has 0 aliphatic heterocycles. The van der Waals surface area contributed by atoms with Crippen molar-refractivity contribution in [3.63, 3.8) is 0 Å². The predicted octanol–water partition coefficient (Wildman–Crippen LogP) is 3.17. The highest BCUT2D eigenvalue weighted by molar-refractivity contribution is 6.36. The van der Waals surface area contributed by atoms with Crippen molar-refractivity contribution in [3.05, 3.63) is 28.2 Å². The Morgan fingerprint density at radius 2 is 1.93 bits per heavy atom. The van der Waals surface area contributed by atoms with Gasteiger partial charge in [-0.2, -0.15) is 0 Å². The summed E-state index contributed by atoms with van der Waals surface area (Å²) in [5, 5.41) is 1.29. The molecule has 0 amide bonds. The first-order chi connectivity index (χ1) is 6.88. The molecule has 0 aliphatic rings. The van der Waals surface area contributed by atoms with E-state index in [1.807, 2.05) is 19.2 Å². The average molecular weight is 247 g/mol. The number of likely N-dealkylation sites (N-methyl/N-ethyl adjacent to an activating group) is 1. The zero-order valence-electron chi connectivity index (χ0n) is 9.22. The minimum absolute atomic E-state index is 0.128. The summed E-state index contributed by atoms with van der Waals surface area (Å²) in [5.74, 6) is 0. The molecule has 0 saturated heterocycles. The molecule has 2 N–H and O–H groups in total. The summed E-state index contributed by atoms with van der Waals surface area (Å²) in [5.41, 5.74) is 6.53. The highest BCUT2D eigenvalue weighted by atomic mass is 35.5. The maximum atomic E-state index is 6.12. The predicted molar refractivity (Wildman–Crippen MR) is 68.0 cm³/mol. The highest BCUT2D eigenvalue weighted by Crippen LogP contribution is 2.31. The van der Waals surface area contributed by atoms with Crippen LogP contribution in [0.4, 0.5) is 5.69 Å². The van der Waals surface area contributed by atoms with Crippen LogP contribution in [0.25, 0.3) is 0 Å². The van der Waals surface area contributed by atoms with Crippen molar-refractivity contribution < 1.29 is 0 Å². The molecule has 0 saturated carbocycles. The summed E-state index contributed by atoms with van der Waals surface area (Å²) in [6.45, 7) is 4.69. The van der Waals surface area contributed by atoms with Crippen LogP contribution in [0, 0.1) is 0 Å². The summed E-state index contributed by atoms with van der Waals surface area (Å²) >= 11 is 12.0. The lowest BCUT2D eigenvalue weighted by Gasteiger charge is -2.37. The molecule has 0 fully saturated rings. The second-order valence-corrected chi connectivity index (χ2v) is 5.01. The standard InChI is InChI=1S/C11H16Cl2N2/c1-11(2,7-14)15(3)10-5-4-8(12)6-9(10)13/h4-6H,7,14H2,1-3H3. The van der Waals surface area contributed by atoms with Gasteiger partial charge in [-0.05, 0) is 32.0 Å². The van der Waals surface area contributed by atoms with Crippen LogP contribution < -0.4 is 10.6 Å². The van der Waals surface area contributed by atoms with Crippen LogP contribution in [0.15, 0.2) is 18.2 Å². The van der Waals surface area contributed by atoms with Gasteiger partial charge < -0.3 is 10.6 Å². The molecule has 1 aromatic rings. The van der Waals surface area contributed by atoms with Crippen molar-refractivity contribution >= 4 is 28.9 Å². The van der Waals surface area contributed by atoms with Crippen LogP contribution >= 0.6 is 23.2 Å². The Labute approximate surface area is 101 Å². The second kappa shape index (κ2) is 4.60. The second-order valence-electron chi connectivity index (χ2n) is 4.17. The maximum Gasteiger partial charge on any atom is 0.0654 e. The van der Waals surface area contributed by atoms with Gasteiger partial charge in [-0.1, -0.05) is 23.2 Å². The van der Waals surface area contributed by atoms with E-state index < -0.39 is 0 Å². The van der Waals surface area contributed by atoms with Crippen molar-refractivity contribution in [1.29, 1.82) is 0 Å². The van der Waals surface area contributed by atoms with E-state index in [1.54, 1.807) is 6.07 Å². The topological polar surface area (TPSA) is 29.3 Å². The first-order valence-electron chi connectivity index (χ1n) is 4.77. The number of nitrogens with zero attached hydrogens (tertiary/aromatic N) is 1. The first kappa shape index (κ1) is 12.6. The van der Waals surface area contributed by atoms with Gasteiger partial charge in [-0.15, -0.1) is 0 Å². The van der Waals surface area contributed by atoms with E-state index in [2.05, 4.69) is 18.7 Å². The smallest absolute Gasteiger partial charge is 0.0654 e. The Bertz CT molecular complexity index is 350. The molecule has 84 valence electrons. The number of rotatable bonds is 3. The fraction of sp³-hybridized carbons (Fsp3) is 0.455. The lowest BCUT2D eigenvalue weighted by Crippen LogP contribution is -2.47. The molecule has 15 heavy (non-hydrogen) atoms. The summed E-state index contributed by atoms with van der Waals surface area (Å²) in [7, 11) is 1.97. The van der Waals surface area contributed by atoms with Crippen LogP contribution in [0.1, 0.15) is 13.8 Å². The molecule has 0 atom stereocenters. The van der Waals surface area contributed by atoms with Crippen LogP contribution in [-0.4, -0.2) is 19.1 Å². The van der Waals surface area contributed by atoms with Gasteiger partial charge >= 0.3 is 0 Å². The summed E-state index contributed by atoms with van der Waals surface area (Å²) in [6.07, 6.45) is 0. The molecule has 4 heteroatoms. The molecule has 0 bridgehead atoms. The van der Waals surface area contributed by atoms with Crippen molar-refractivity contribution in [2.45, 2.75) is 19.4 Å². The van der Waals surface area contributed by atoms with E-state index in [0.717, 1.165) is 5.69 Å². The van der Waals surface area contributed by atoms with Gasteiger partial charge in [-0.3, -0.25) is 0 Å². The molecule has 0 unspecified atom stereocenters. The number of hydrogen-bond donors (Lipinski definition) is 1. The quantitative estimate of drug-likeness (QED) is 0.888. The molecule has 0 aromatic heterocycles. The van der Waals surface area contributed by atoms with Crippen LogP contribution in [0.5, 0.6) is 0 Å². The number of anilines is 1. The number of benzene rings is 1. The van der Waals surface area contributed by atoms with Gasteiger partial charge in [-0.25, -0.2) is 0 Å². The first-order valence-corrected chi connectivity index (χ1v) is 5.53. The molecule has 0 radical (unpaired) electrons. The third-order valence-electron chi connectivity index (χ3n) is 2.68. The number of hydrogen-bond acceptors (Lipinski definition) is 2. The Balaban J connectivity index is 3.06. The Kier molecular flexibility index (Phi) is 3.87. The molecule has 1 rings (SSSR count). The summed E-state index contributed by atoms with van der Waals surface area (Å²) < 4.78 is 0. The van der Waals surface area contributed by atoms with Crippen LogP contribution in [0.3, 0.4) is 0 Å². The minimum Gasteiger partial charge on any atom is -0.367 e. The molecule has 2 nitrogen and oxygen atoms in total. The summed E-state index contributed by atoms with van der Waals surface area (Å²) in [4.78, 5) is 2.06. The van der Waals surface area contributed by atoms with Crippen molar-refractivity contribution in [1.82, 2.24) is 0 Å². The lowest BCUT2D eigenvalue weighted by atomic mass is 10.0. The fourth-order valence-electron chi connectivity index (χ4n) is 1.22. The van der Waals surface area contributed by atoms with Gasteiger partial charge in [0, 0.05) is 24.2 Å². The molecular formula is C11H16Cl2N2. The van der Waals surface area contributed by atoms with E-state index in [4.69, 9.17) is 28.9 Å². The average Bonchev–Trinajstić information content (AvgIpc) is 2.17. The van der Waals surface area contributed by atoms with E-state index in [0.29, 0.717) is 16.6 Å². The third kappa shape index (κ3) is 2.77. The van der Waals surface area contributed by atoms with E-state index in [-0.39, 0.29) is 5.54 Å². The van der Waals surface area contributed by atoms with Gasteiger partial charge in [0.25, 0.3) is 0 Å². The largest absolute Gasteiger partial charge is 0.367 e. The molecular weight excluding hydrogens is 231 g/mol. The molecule has 0 aliphatic carbocycles. The Hall–Kier alpha value is -0.440. The SMILES string of the molecule is CN(c1ccc(Cl)cc1Cl)C(C)(C)CN. The monoisotopic (exact) mass is 246 g/mol.